The Labute approximate surface area is 247 Å². The van der Waals surface area contributed by atoms with Gasteiger partial charge in [0.05, 0.1) is 11.5 Å². The zero-order valence-corrected chi connectivity index (χ0v) is 26.1. The number of rotatable bonds is 8. The van der Waals surface area contributed by atoms with Gasteiger partial charge in [0.25, 0.3) is 0 Å². The molecule has 2 aliphatic heterocycles. The highest BCUT2D eigenvalue weighted by Crippen LogP contribution is 2.46. The third kappa shape index (κ3) is 5.05. The molecule has 40 heavy (non-hydrogen) atoms. The third-order valence-electron chi connectivity index (χ3n) is 9.18. The Balaban J connectivity index is 1.41. The first-order valence-corrected chi connectivity index (χ1v) is 15.6. The molecule has 0 spiro atoms. The largest absolute Gasteiger partial charge is 0.364 e. The first-order valence-electron chi connectivity index (χ1n) is 15.3. The molecule has 0 bridgehead atoms. The van der Waals surface area contributed by atoms with E-state index >= 15 is 0 Å². The average Bonchev–Trinajstić information content (AvgIpc) is 3.29. The van der Waals surface area contributed by atoms with Gasteiger partial charge in [-0.15, -0.1) is 0 Å². The Kier molecular flexibility index (Phi) is 8.30. The second kappa shape index (κ2) is 11.6. The van der Waals surface area contributed by atoms with E-state index in [4.69, 9.17) is 11.6 Å². The van der Waals surface area contributed by atoms with Crippen molar-refractivity contribution in [1.29, 1.82) is 0 Å². The van der Waals surface area contributed by atoms with Crippen LogP contribution >= 0.6 is 11.6 Å². The Hall–Kier alpha value is -2.84. The van der Waals surface area contributed by atoms with Gasteiger partial charge in [0.15, 0.2) is 5.71 Å². The highest BCUT2D eigenvalue weighted by atomic mass is 35.5. The number of anilines is 1. The summed E-state index contributed by atoms with van der Waals surface area (Å²) in [5, 5.41) is 0.933. The van der Waals surface area contributed by atoms with Gasteiger partial charge in [-0.25, -0.2) is 0 Å². The van der Waals surface area contributed by atoms with Crippen LogP contribution in [0.15, 0.2) is 95.1 Å². The van der Waals surface area contributed by atoms with Crippen molar-refractivity contribution in [2.75, 3.05) is 18.0 Å². The van der Waals surface area contributed by atoms with E-state index < -0.39 is 0 Å². The normalized spacial score (nSPS) is 22.7. The number of hydrogen-bond donors (Lipinski definition) is 0. The van der Waals surface area contributed by atoms with Crippen LogP contribution in [0.3, 0.4) is 0 Å². The fourth-order valence-corrected chi connectivity index (χ4v) is 7.40. The van der Waals surface area contributed by atoms with Gasteiger partial charge >= 0.3 is 0 Å². The molecule has 0 amide bonds. The van der Waals surface area contributed by atoms with Gasteiger partial charge in [0.1, 0.15) is 6.54 Å². The maximum absolute atomic E-state index is 7.09. The van der Waals surface area contributed by atoms with Gasteiger partial charge in [0, 0.05) is 46.8 Å². The summed E-state index contributed by atoms with van der Waals surface area (Å²) in [7, 11) is 0. The number of para-hydroxylation sites is 2. The Morgan fingerprint density at radius 1 is 0.925 bits per heavy atom. The fraction of sp³-hybridized carbons (Fsp3) is 0.432. The molecule has 2 aromatic carbocycles. The zero-order chi connectivity index (χ0) is 28.5. The van der Waals surface area contributed by atoms with Crippen LogP contribution in [-0.2, 0) is 10.8 Å². The van der Waals surface area contributed by atoms with E-state index in [0.29, 0.717) is 6.04 Å². The SMILES string of the molecule is CCCN1c2ccccc2C(C)(C)C1C=CC=C1CCCC(C=CC2=[N+](CCC)c3ccccc3C2(C)C)=C1Cl. The Bertz CT molecular complexity index is 1420. The summed E-state index contributed by atoms with van der Waals surface area (Å²) in [5.74, 6) is 0. The standard InChI is InChI=1S/C37H46ClN2/c1-7-25-39-31-20-11-9-18-29(31)36(3,4)33(39)22-14-17-27-15-13-16-28(35(27)38)23-24-34-37(5,6)30-19-10-12-21-32(30)40(34)26-8-2/h9-12,14,17-24,33H,7-8,13,15-16,25-26H2,1-6H3/q+1. The molecule has 210 valence electrons. The predicted octanol–water partition coefficient (Wildman–Crippen LogP) is 9.76. The summed E-state index contributed by atoms with van der Waals surface area (Å²) >= 11 is 7.09. The van der Waals surface area contributed by atoms with E-state index in [9.17, 15) is 0 Å². The van der Waals surface area contributed by atoms with E-state index in [1.807, 2.05) is 0 Å². The summed E-state index contributed by atoms with van der Waals surface area (Å²) in [6.07, 6.45) is 17.0. The van der Waals surface area contributed by atoms with Crippen LogP contribution in [0.1, 0.15) is 84.8 Å². The highest BCUT2D eigenvalue weighted by Gasteiger charge is 2.44. The van der Waals surface area contributed by atoms with Crippen molar-refractivity contribution >= 4 is 28.7 Å². The van der Waals surface area contributed by atoms with Crippen LogP contribution in [0.5, 0.6) is 0 Å². The first kappa shape index (κ1) is 28.7. The summed E-state index contributed by atoms with van der Waals surface area (Å²) in [6.45, 7) is 16.1. The molecular formula is C37H46ClN2+. The molecule has 5 rings (SSSR count). The topological polar surface area (TPSA) is 6.25 Å². The van der Waals surface area contributed by atoms with Crippen molar-refractivity contribution in [3.63, 3.8) is 0 Å². The first-order chi connectivity index (χ1) is 19.2. The van der Waals surface area contributed by atoms with E-state index in [-0.39, 0.29) is 10.8 Å². The number of hydrogen-bond acceptors (Lipinski definition) is 1. The molecule has 0 saturated heterocycles. The van der Waals surface area contributed by atoms with Crippen LogP contribution in [0.2, 0.25) is 0 Å². The van der Waals surface area contributed by atoms with Crippen molar-refractivity contribution in [1.82, 2.24) is 0 Å². The van der Waals surface area contributed by atoms with Crippen LogP contribution in [0.4, 0.5) is 11.4 Å². The molecule has 0 aromatic heterocycles. The maximum atomic E-state index is 7.09. The minimum absolute atomic E-state index is 0.0264. The minimum atomic E-state index is -0.0264. The third-order valence-corrected chi connectivity index (χ3v) is 9.67. The van der Waals surface area contributed by atoms with Gasteiger partial charge in [-0.05, 0) is 62.3 Å². The molecule has 0 radical (unpaired) electrons. The van der Waals surface area contributed by atoms with Gasteiger partial charge in [-0.2, -0.15) is 4.58 Å². The molecule has 2 nitrogen and oxygen atoms in total. The van der Waals surface area contributed by atoms with Gasteiger partial charge < -0.3 is 4.90 Å². The lowest BCUT2D eigenvalue weighted by atomic mass is 9.80. The van der Waals surface area contributed by atoms with Crippen molar-refractivity contribution in [2.45, 2.75) is 90.5 Å². The smallest absolute Gasteiger partial charge is 0.209 e. The van der Waals surface area contributed by atoms with Gasteiger partial charge in [-0.1, -0.05) is 100.0 Å². The Morgan fingerprint density at radius 3 is 2.40 bits per heavy atom. The van der Waals surface area contributed by atoms with Crippen molar-refractivity contribution < 1.29 is 4.58 Å². The average molecular weight is 554 g/mol. The maximum Gasteiger partial charge on any atom is 0.209 e. The molecule has 1 unspecified atom stereocenters. The number of fused-ring (bicyclic) bond motifs is 2. The van der Waals surface area contributed by atoms with Crippen molar-refractivity contribution in [2.24, 2.45) is 0 Å². The van der Waals surface area contributed by atoms with Crippen LogP contribution in [-0.4, -0.2) is 29.4 Å². The van der Waals surface area contributed by atoms with E-state index in [2.05, 4.69) is 130 Å². The quantitative estimate of drug-likeness (QED) is 0.295. The second-order valence-electron chi connectivity index (χ2n) is 12.7. The summed E-state index contributed by atoms with van der Waals surface area (Å²) < 4.78 is 2.51. The van der Waals surface area contributed by atoms with Gasteiger partial charge in [-0.3, -0.25) is 0 Å². The fourth-order valence-electron chi connectivity index (χ4n) is 7.08. The summed E-state index contributed by atoms with van der Waals surface area (Å²) in [5.41, 5.74) is 9.49. The summed E-state index contributed by atoms with van der Waals surface area (Å²) in [6, 6.07) is 18.1. The molecule has 0 saturated carbocycles. The molecule has 1 aliphatic carbocycles. The van der Waals surface area contributed by atoms with E-state index in [1.165, 1.54) is 39.4 Å². The molecule has 2 aromatic rings. The monoisotopic (exact) mass is 553 g/mol. The molecule has 3 aliphatic rings. The number of nitrogens with zero attached hydrogens (tertiary/aromatic N) is 2. The van der Waals surface area contributed by atoms with E-state index in [1.54, 1.807) is 0 Å². The molecule has 0 N–H and O–H groups in total. The zero-order valence-electron chi connectivity index (χ0n) is 25.3. The molecule has 2 heterocycles. The Morgan fingerprint density at radius 2 is 1.65 bits per heavy atom. The van der Waals surface area contributed by atoms with Crippen molar-refractivity contribution in [3.8, 4) is 0 Å². The summed E-state index contributed by atoms with van der Waals surface area (Å²) in [4.78, 5) is 2.58. The number of allylic oxidation sites excluding steroid dienone is 7. The predicted molar refractivity (Wildman–Crippen MR) is 174 cm³/mol. The van der Waals surface area contributed by atoms with Crippen LogP contribution in [0, 0.1) is 0 Å². The highest BCUT2D eigenvalue weighted by molar-refractivity contribution is 6.32. The lowest BCUT2D eigenvalue weighted by Gasteiger charge is -2.32. The molecular weight excluding hydrogens is 508 g/mol. The van der Waals surface area contributed by atoms with Gasteiger partial charge in [0.2, 0.25) is 5.69 Å². The molecule has 0 fully saturated rings. The second-order valence-corrected chi connectivity index (χ2v) is 13.0. The lowest BCUT2D eigenvalue weighted by molar-refractivity contribution is -0.437. The molecule has 1 atom stereocenters. The van der Waals surface area contributed by atoms with E-state index in [0.717, 1.165) is 50.2 Å². The number of benzene rings is 2. The van der Waals surface area contributed by atoms with Crippen LogP contribution in [0.25, 0.3) is 0 Å². The van der Waals surface area contributed by atoms with Crippen molar-refractivity contribution in [3.05, 3.63) is 106 Å². The number of halogens is 1. The van der Waals surface area contributed by atoms with Crippen LogP contribution < -0.4 is 4.90 Å². The lowest BCUT2D eigenvalue weighted by Crippen LogP contribution is -2.40. The molecule has 3 heteroatoms. The minimum Gasteiger partial charge on any atom is -0.364 e.